The Kier molecular flexibility index (Phi) is 6.96. The lowest BCUT2D eigenvalue weighted by Crippen LogP contribution is -2.62. The van der Waals surface area contributed by atoms with Crippen LogP contribution in [-0.2, 0) is 20.4 Å². The van der Waals surface area contributed by atoms with E-state index in [1.165, 1.54) is 28.0 Å². The van der Waals surface area contributed by atoms with Gasteiger partial charge in [0.15, 0.2) is 0 Å². The number of benzene rings is 2. The summed E-state index contributed by atoms with van der Waals surface area (Å²) in [5.74, 6) is -1.26. The monoisotopic (exact) mass is 528 g/mol. The Morgan fingerprint density at radius 2 is 1.89 bits per heavy atom. The Hall–Kier alpha value is -2.85. The summed E-state index contributed by atoms with van der Waals surface area (Å²) in [7, 11) is 0. The van der Waals surface area contributed by atoms with Crippen molar-refractivity contribution in [2.24, 2.45) is 0 Å². The minimum Gasteiger partial charge on any atom is -0.444 e. The van der Waals surface area contributed by atoms with E-state index in [-0.39, 0.29) is 41.5 Å². The number of carbonyl (C=O) groups excluding carboxylic acids is 2. The van der Waals surface area contributed by atoms with Crippen LogP contribution in [0.4, 0.5) is 28.0 Å². The summed E-state index contributed by atoms with van der Waals surface area (Å²) in [5.41, 5.74) is -1.60. The van der Waals surface area contributed by atoms with Gasteiger partial charge in [-0.1, -0.05) is 23.7 Å². The van der Waals surface area contributed by atoms with E-state index in [1.807, 2.05) is 0 Å². The van der Waals surface area contributed by atoms with E-state index in [9.17, 15) is 22.8 Å². The van der Waals surface area contributed by atoms with Gasteiger partial charge in [-0.2, -0.15) is 13.2 Å². The van der Waals surface area contributed by atoms with Crippen molar-refractivity contribution in [2.75, 3.05) is 24.6 Å². The molecule has 0 unspecified atom stereocenters. The van der Waals surface area contributed by atoms with Gasteiger partial charge in [0.1, 0.15) is 18.0 Å². The highest BCUT2D eigenvalue weighted by molar-refractivity contribution is 6.34. The van der Waals surface area contributed by atoms with Crippen LogP contribution in [0, 0.1) is 5.82 Å². The molecule has 0 spiro atoms. The number of nitrogens with zero attached hydrogens (tertiary/aromatic N) is 2. The summed E-state index contributed by atoms with van der Waals surface area (Å²) in [5, 5.41) is 0.00684. The molecule has 11 heteroatoms. The average Bonchev–Trinajstić information content (AvgIpc) is 2.78. The Labute approximate surface area is 210 Å². The first-order valence-electron chi connectivity index (χ1n) is 11.3. The number of alkyl halides is 3. The fourth-order valence-electron chi connectivity index (χ4n) is 4.41. The number of likely N-dealkylation sites (tertiary alicyclic amines) is 1. The highest BCUT2D eigenvalue weighted by Crippen LogP contribution is 2.39. The maximum Gasteiger partial charge on any atom is 0.416 e. The summed E-state index contributed by atoms with van der Waals surface area (Å²) >= 11 is 6.45. The highest BCUT2D eigenvalue weighted by Gasteiger charge is 2.43. The molecule has 0 bridgehead atoms. The second kappa shape index (κ2) is 9.55. The molecular formula is C25H25ClF4N2O4. The lowest BCUT2D eigenvalue weighted by atomic mass is 9.96. The molecule has 2 amide bonds. The molecule has 4 rings (SSSR count). The van der Waals surface area contributed by atoms with Crippen molar-refractivity contribution in [3.63, 3.8) is 0 Å². The predicted molar refractivity (Wildman–Crippen MR) is 125 cm³/mol. The van der Waals surface area contributed by atoms with E-state index in [0.717, 1.165) is 18.2 Å². The summed E-state index contributed by atoms with van der Waals surface area (Å²) in [6.07, 6.45) is -5.29. The van der Waals surface area contributed by atoms with Gasteiger partial charge in [0, 0.05) is 12.1 Å². The van der Waals surface area contributed by atoms with Gasteiger partial charge in [0.2, 0.25) is 0 Å². The van der Waals surface area contributed by atoms with Crippen LogP contribution in [0.25, 0.3) is 11.1 Å². The Bertz CT molecular complexity index is 1180. The topological polar surface area (TPSA) is 59.1 Å². The molecule has 2 saturated heterocycles. The smallest absolute Gasteiger partial charge is 0.416 e. The molecule has 2 aromatic carbocycles. The van der Waals surface area contributed by atoms with Crippen LogP contribution in [-0.4, -0.2) is 54.3 Å². The molecule has 2 aliphatic rings. The average molecular weight is 529 g/mol. The largest absolute Gasteiger partial charge is 0.444 e. The van der Waals surface area contributed by atoms with Crippen molar-refractivity contribution in [1.82, 2.24) is 4.90 Å². The molecule has 0 radical (unpaired) electrons. The van der Waals surface area contributed by atoms with E-state index in [1.54, 1.807) is 20.8 Å². The summed E-state index contributed by atoms with van der Waals surface area (Å²) in [6.45, 7) is 5.44. The number of piperidine rings is 1. The molecule has 0 aliphatic carbocycles. The van der Waals surface area contributed by atoms with Crippen LogP contribution in [0.5, 0.6) is 0 Å². The second-order valence-electron chi connectivity index (χ2n) is 9.76. The summed E-state index contributed by atoms with van der Waals surface area (Å²) in [6, 6.07) is 6.04. The zero-order valence-electron chi connectivity index (χ0n) is 19.9. The summed E-state index contributed by atoms with van der Waals surface area (Å²) < 4.78 is 65.7. The van der Waals surface area contributed by atoms with Crippen LogP contribution >= 0.6 is 11.6 Å². The number of fused-ring (bicyclic) bond motifs is 1. The van der Waals surface area contributed by atoms with Crippen LogP contribution in [0.15, 0.2) is 36.4 Å². The molecule has 2 fully saturated rings. The van der Waals surface area contributed by atoms with E-state index in [0.29, 0.717) is 6.42 Å². The molecule has 194 valence electrons. The maximum atomic E-state index is 15.2. The number of ether oxygens (including phenoxy) is 2. The molecule has 0 aromatic heterocycles. The van der Waals surface area contributed by atoms with E-state index in [2.05, 4.69) is 0 Å². The van der Waals surface area contributed by atoms with E-state index >= 15 is 4.39 Å². The van der Waals surface area contributed by atoms with Gasteiger partial charge in [-0.05, 0) is 57.0 Å². The number of hydrogen-bond donors (Lipinski definition) is 0. The molecule has 0 N–H and O–H groups in total. The molecule has 2 aromatic rings. The first kappa shape index (κ1) is 26.2. The van der Waals surface area contributed by atoms with Crippen molar-refractivity contribution in [2.45, 2.75) is 51.1 Å². The number of anilines is 1. The molecule has 36 heavy (non-hydrogen) atoms. The minimum absolute atomic E-state index is 0.00684. The van der Waals surface area contributed by atoms with Crippen molar-refractivity contribution in [3.8, 4) is 11.1 Å². The minimum atomic E-state index is -4.58. The highest BCUT2D eigenvalue weighted by atomic mass is 35.5. The molecule has 2 heterocycles. The number of hydrogen-bond acceptors (Lipinski definition) is 4. The third kappa shape index (κ3) is 5.44. The standard InChI is InChI=1S/C25H25ClF4N2O4/c1-24(2,3)36-23(34)31-8-7-19-21(12-31)35-13-22(33)32(19)20-11-18(27)16(10-17(20)26)14-5-4-6-15(9-14)25(28,29)30/h4-6,9-11,19,21H,7-8,12-13H2,1-3H3/t19-,21-/m1/s1. The molecule has 6 nitrogen and oxygen atoms in total. The van der Waals surface area contributed by atoms with Gasteiger partial charge in [0.25, 0.3) is 5.91 Å². The SMILES string of the molecule is CC(C)(C)OC(=O)N1CC[C@@H]2[C@@H](C1)OCC(=O)N2c1cc(F)c(-c2cccc(C(F)(F)F)c2)cc1Cl. The Morgan fingerprint density at radius 3 is 2.56 bits per heavy atom. The van der Waals surface area contributed by atoms with Crippen LogP contribution in [0.1, 0.15) is 32.8 Å². The quantitative estimate of drug-likeness (QED) is 0.455. The number of carbonyl (C=O) groups is 2. The van der Waals surface area contributed by atoms with Gasteiger partial charge in [-0.3, -0.25) is 4.79 Å². The lowest BCUT2D eigenvalue weighted by Gasteiger charge is -2.46. The third-order valence-electron chi connectivity index (χ3n) is 5.99. The van der Waals surface area contributed by atoms with Gasteiger partial charge >= 0.3 is 12.3 Å². The van der Waals surface area contributed by atoms with Crippen LogP contribution in [0.2, 0.25) is 5.02 Å². The van der Waals surface area contributed by atoms with Gasteiger partial charge in [0.05, 0.1) is 35.0 Å². The van der Waals surface area contributed by atoms with E-state index < -0.39 is 47.3 Å². The van der Waals surface area contributed by atoms with E-state index in [4.69, 9.17) is 21.1 Å². The zero-order chi connectivity index (χ0) is 26.4. The summed E-state index contributed by atoms with van der Waals surface area (Å²) in [4.78, 5) is 28.2. The number of morpholine rings is 1. The fraction of sp³-hybridized carbons (Fsp3) is 0.440. The van der Waals surface area contributed by atoms with Gasteiger partial charge in [-0.15, -0.1) is 0 Å². The molecular weight excluding hydrogens is 504 g/mol. The van der Waals surface area contributed by atoms with Crippen LogP contribution in [0.3, 0.4) is 0 Å². The van der Waals surface area contributed by atoms with Gasteiger partial charge < -0.3 is 19.3 Å². The van der Waals surface area contributed by atoms with Crippen LogP contribution < -0.4 is 4.90 Å². The van der Waals surface area contributed by atoms with Crippen molar-refractivity contribution < 1.29 is 36.6 Å². The fourth-order valence-corrected chi connectivity index (χ4v) is 4.66. The van der Waals surface area contributed by atoms with Gasteiger partial charge in [-0.25, -0.2) is 9.18 Å². The molecule has 2 atom stereocenters. The normalized spacial score (nSPS) is 20.8. The van der Waals surface area contributed by atoms with Crippen molar-refractivity contribution in [3.05, 3.63) is 52.8 Å². The Balaban J connectivity index is 1.61. The predicted octanol–water partition coefficient (Wildman–Crippen LogP) is 5.91. The molecule has 0 saturated carbocycles. The first-order valence-corrected chi connectivity index (χ1v) is 11.7. The number of rotatable bonds is 2. The number of halogens is 5. The molecule has 2 aliphatic heterocycles. The van der Waals surface area contributed by atoms with Crippen molar-refractivity contribution >= 4 is 29.3 Å². The third-order valence-corrected chi connectivity index (χ3v) is 6.30. The lowest BCUT2D eigenvalue weighted by molar-refractivity contribution is -0.137. The maximum absolute atomic E-state index is 15.2. The van der Waals surface area contributed by atoms with Crippen molar-refractivity contribution in [1.29, 1.82) is 0 Å². The number of amides is 2. The Morgan fingerprint density at radius 1 is 1.17 bits per heavy atom. The zero-order valence-corrected chi connectivity index (χ0v) is 20.6. The first-order chi connectivity index (χ1) is 16.7. The second-order valence-corrected chi connectivity index (χ2v) is 10.2.